The zero-order chi connectivity index (χ0) is 23.7. The topological polar surface area (TPSA) is 178 Å². The minimum Gasteiger partial charge on any atom is -0.465 e. The Balaban J connectivity index is 1.82. The molecule has 12 nitrogen and oxygen atoms in total. The van der Waals surface area contributed by atoms with Crippen molar-refractivity contribution >= 4 is 35.5 Å². The van der Waals surface area contributed by atoms with Crippen molar-refractivity contribution in [1.82, 2.24) is 10.6 Å². The number of hydrogen-bond donors (Lipinski definition) is 4. The number of benzene rings is 1. The molecule has 1 aromatic carbocycles. The molecule has 174 valence electrons. The molecule has 1 fully saturated rings. The second-order valence-corrected chi connectivity index (χ2v) is 7.49. The van der Waals surface area contributed by atoms with Gasteiger partial charge in [0.2, 0.25) is 5.91 Å². The molecule has 0 radical (unpaired) electrons. The highest BCUT2D eigenvalue weighted by Crippen LogP contribution is 2.22. The molecule has 1 atom stereocenters. The number of urea groups is 1. The SMILES string of the molecule is CC(C)COC(=O)CCNC(=O)N[C@H]1CCN(c2ccc(C(N)=NOC(N)=O)cc2)C1=O. The van der Waals surface area contributed by atoms with Crippen LogP contribution in [0.4, 0.5) is 15.3 Å². The van der Waals surface area contributed by atoms with Gasteiger partial charge in [0.15, 0.2) is 5.84 Å². The Kier molecular flexibility index (Phi) is 8.81. The van der Waals surface area contributed by atoms with Gasteiger partial charge in [-0.1, -0.05) is 19.0 Å². The molecule has 4 amide bonds. The molecular weight excluding hydrogens is 420 g/mol. The Hall–Kier alpha value is -3.83. The van der Waals surface area contributed by atoms with Crippen molar-refractivity contribution in [3.05, 3.63) is 29.8 Å². The predicted molar refractivity (Wildman–Crippen MR) is 116 cm³/mol. The van der Waals surface area contributed by atoms with Crippen LogP contribution in [0.3, 0.4) is 0 Å². The van der Waals surface area contributed by atoms with E-state index in [0.29, 0.717) is 30.8 Å². The Morgan fingerprint density at radius 3 is 2.53 bits per heavy atom. The molecule has 32 heavy (non-hydrogen) atoms. The first-order valence-electron chi connectivity index (χ1n) is 10.1. The number of amidine groups is 1. The number of nitrogens with one attached hydrogen (secondary N) is 2. The summed E-state index contributed by atoms with van der Waals surface area (Å²) >= 11 is 0. The summed E-state index contributed by atoms with van der Waals surface area (Å²) < 4.78 is 5.03. The van der Waals surface area contributed by atoms with Crippen molar-refractivity contribution in [1.29, 1.82) is 0 Å². The number of primary amides is 1. The summed E-state index contributed by atoms with van der Waals surface area (Å²) in [5.74, 6) is -0.461. The summed E-state index contributed by atoms with van der Waals surface area (Å²) in [7, 11) is 0. The average Bonchev–Trinajstić information content (AvgIpc) is 3.10. The van der Waals surface area contributed by atoms with Crippen LogP contribution in [0.25, 0.3) is 0 Å². The number of hydrogen-bond acceptors (Lipinski definition) is 7. The first kappa shape index (κ1) is 24.4. The van der Waals surface area contributed by atoms with Crippen LogP contribution in [0.5, 0.6) is 0 Å². The van der Waals surface area contributed by atoms with E-state index in [1.807, 2.05) is 13.8 Å². The number of esters is 1. The molecular formula is C20H28N6O6. The molecule has 0 spiro atoms. The monoisotopic (exact) mass is 448 g/mol. The Morgan fingerprint density at radius 2 is 1.91 bits per heavy atom. The Labute approximate surface area is 185 Å². The van der Waals surface area contributed by atoms with E-state index < -0.39 is 24.1 Å². The number of nitrogens with two attached hydrogens (primary N) is 2. The average molecular weight is 448 g/mol. The van der Waals surface area contributed by atoms with Gasteiger partial charge < -0.3 is 31.7 Å². The van der Waals surface area contributed by atoms with Gasteiger partial charge in [-0.2, -0.15) is 0 Å². The molecule has 6 N–H and O–H groups in total. The van der Waals surface area contributed by atoms with E-state index in [-0.39, 0.29) is 30.6 Å². The third-order valence-electron chi connectivity index (χ3n) is 4.41. The largest absolute Gasteiger partial charge is 0.465 e. The van der Waals surface area contributed by atoms with E-state index in [2.05, 4.69) is 20.6 Å². The highest BCUT2D eigenvalue weighted by Gasteiger charge is 2.33. The van der Waals surface area contributed by atoms with Gasteiger partial charge in [0.05, 0.1) is 13.0 Å². The molecule has 0 unspecified atom stereocenters. The molecule has 1 aliphatic rings. The fourth-order valence-corrected chi connectivity index (χ4v) is 2.85. The summed E-state index contributed by atoms with van der Waals surface area (Å²) in [4.78, 5) is 52.7. The molecule has 1 heterocycles. The van der Waals surface area contributed by atoms with Crippen LogP contribution in [0.2, 0.25) is 0 Å². The van der Waals surface area contributed by atoms with Crippen molar-refractivity contribution in [2.24, 2.45) is 22.5 Å². The number of carbonyl (C=O) groups is 4. The third kappa shape index (κ3) is 7.45. The van der Waals surface area contributed by atoms with Gasteiger partial charge in [0, 0.05) is 24.3 Å². The predicted octanol–water partition coefficient (Wildman–Crippen LogP) is 0.396. The van der Waals surface area contributed by atoms with Crippen LogP contribution >= 0.6 is 0 Å². The molecule has 2 rings (SSSR count). The van der Waals surface area contributed by atoms with Crippen molar-refractivity contribution in [2.45, 2.75) is 32.7 Å². The van der Waals surface area contributed by atoms with E-state index in [9.17, 15) is 19.2 Å². The number of carbonyl (C=O) groups excluding carboxylic acids is 4. The van der Waals surface area contributed by atoms with Crippen LogP contribution in [0, 0.1) is 5.92 Å². The van der Waals surface area contributed by atoms with Crippen molar-refractivity contribution in [3.63, 3.8) is 0 Å². The quantitative estimate of drug-likeness (QED) is 0.139. The standard InChI is InChI=1S/C20H28N6O6/c1-12(2)11-31-16(27)7-9-23-20(30)24-15-8-10-26(18(15)28)14-5-3-13(4-6-14)17(21)25-32-19(22)29/h3-6,12,15H,7-11H2,1-2H3,(H2,21,25)(H2,22,29)(H2,23,24,30)/t15-/m0/s1. The maximum Gasteiger partial charge on any atom is 0.430 e. The van der Waals surface area contributed by atoms with Crippen molar-refractivity contribution in [2.75, 3.05) is 24.6 Å². The molecule has 0 saturated carbocycles. The second kappa shape index (κ2) is 11.5. The molecule has 1 aromatic rings. The lowest BCUT2D eigenvalue weighted by molar-refractivity contribution is -0.144. The Bertz CT molecular complexity index is 870. The fraction of sp³-hybridized carbons (Fsp3) is 0.450. The van der Waals surface area contributed by atoms with Crippen LogP contribution < -0.4 is 27.0 Å². The van der Waals surface area contributed by atoms with Crippen LogP contribution in [0.15, 0.2) is 29.4 Å². The lowest BCUT2D eigenvalue weighted by atomic mass is 10.2. The lowest BCUT2D eigenvalue weighted by Gasteiger charge is -2.18. The summed E-state index contributed by atoms with van der Waals surface area (Å²) in [6.45, 7) is 4.72. The zero-order valence-corrected chi connectivity index (χ0v) is 18.0. The van der Waals surface area contributed by atoms with Crippen LogP contribution in [0.1, 0.15) is 32.3 Å². The van der Waals surface area contributed by atoms with Crippen LogP contribution in [-0.2, 0) is 19.2 Å². The maximum absolute atomic E-state index is 12.7. The van der Waals surface area contributed by atoms with Gasteiger partial charge in [0.1, 0.15) is 6.04 Å². The maximum atomic E-state index is 12.7. The van der Waals surface area contributed by atoms with E-state index in [4.69, 9.17) is 16.2 Å². The van der Waals surface area contributed by atoms with Gasteiger partial charge in [-0.3, -0.25) is 14.4 Å². The van der Waals surface area contributed by atoms with E-state index >= 15 is 0 Å². The number of amides is 4. The number of oxime groups is 1. The number of nitrogens with zero attached hydrogens (tertiary/aromatic N) is 2. The van der Waals surface area contributed by atoms with Crippen molar-refractivity contribution in [3.8, 4) is 0 Å². The van der Waals surface area contributed by atoms with Gasteiger partial charge in [-0.05, 0) is 36.6 Å². The Morgan fingerprint density at radius 1 is 1.22 bits per heavy atom. The van der Waals surface area contributed by atoms with Gasteiger partial charge in [-0.15, -0.1) is 0 Å². The highest BCUT2D eigenvalue weighted by molar-refractivity contribution is 6.02. The molecule has 0 aromatic heterocycles. The van der Waals surface area contributed by atoms with E-state index in [1.165, 1.54) is 4.90 Å². The van der Waals surface area contributed by atoms with Gasteiger partial charge >= 0.3 is 18.1 Å². The summed E-state index contributed by atoms with van der Waals surface area (Å²) in [5, 5.41) is 8.56. The second-order valence-electron chi connectivity index (χ2n) is 7.49. The summed E-state index contributed by atoms with van der Waals surface area (Å²) in [6.07, 6.45) is -0.602. The number of ether oxygens (including phenoxy) is 1. The van der Waals surface area contributed by atoms with Gasteiger partial charge in [-0.25, -0.2) is 9.59 Å². The first-order valence-corrected chi connectivity index (χ1v) is 10.1. The molecule has 12 heteroatoms. The summed E-state index contributed by atoms with van der Waals surface area (Å²) in [6, 6.07) is 5.32. The number of anilines is 1. The van der Waals surface area contributed by atoms with E-state index in [0.717, 1.165) is 0 Å². The molecule has 1 aliphatic heterocycles. The lowest BCUT2D eigenvalue weighted by Crippen LogP contribution is -2.46. The molecule has 0 bridgehead atoms. The summed E-state index contributed by atoms with van der Waals surface area (Å²) in [5.41, 5.74) is 11.6. The third-order valence-corrected chi connectivity index (χ3v) is 4.41. The smallest absolute Gasteiger partial charge is 0.430 e. The number of rotatable bonds is 9. The minimum atomic E-state index is -1.08. The van der Waals surface area contributed by atoms with E-state index in [1.54, 1.807) is 24.3 Å². The van der Waals surface area contributed by atoms with Gasteiger partial charge in [0.25, 0.3) is 0 Å². The zero-order valence-electron chi connectivity index (χ0n) is 18.0. The first-order chi connectivity index (χ1) is 15.2. The molecule has 1 saturated heterocycles. The van der Waals surface area contributed by atoms with Crippen LogP contribution in [-0.4, -0.2) is 55.6 Å². The fourth-order valence-electron chi connectivity index (χ4n) is 2.85. The highest BCUT2D eigenvalue weighted by atomic mass is 16.7. The minimum absolute atomic E-state index is 0.0487. The normalized spacial score (nSPS) is 16.1. The van der Waals surface area contributed by atoms with Crippen molar-refractivity contribution < 1.29 is 28.8 Å². The molecule has 0 aliphatic carbocycles.